The van der Waals surface area contributed by atoms with Gasteiger partial charge >= 0.3 is 0 Å². The number of rotatable bonds is 17. The van der Waals surface area contributed by atoms with Crippen LogP contribution < -0.4 is 0 Å². The van der Waals surface area contributed by atoms with E-state index in [2.05, 4.69) is 13.8 Å². The van der Waals surface area contributed by atoms with E-state index < -0.39 is 0 Å². The van der Waals surface area contributed by atoms with E-state index in [4.69, 9.17) is 0 Å². The van der Waals surface area contributed by atoms with Gasteiger partial charge in [-0.1, -0.05) is 129 Å². The molecule has 0 aliphatic rings. The Labute approximate surface area is 135 Å². The van der Waals surface area contributed by atoms with Crippen molar-refractivity contribution in [1.29, 1.82) is 0 Å². The van der Waals surface area contributed by atoms with E-state index in [0.29, 0.717) is 0 Å². The summed E-state index contributed by atoms with van der Waals surface area (Å²) in [6.07, 6.45) is 26.4. The van der Waals surface area contributed by atoms with Gasteiger partial charge in [-0.3, -0.25) is 0 Å². The lowest BCUT2D eigenvalue weighted by molar-refractivity contribution is 0.526. The number of hydrogen-bond donors (Lipinski definition) is 0. The Bertz CT molecular complexity index is 138. The molecule has 0 N–H and O–H groups in total. The zero-order chi connectivity index (χ0) is 14.7. The summed E-state index contributed by atoms with van der Waals surface area (Å²) in [4.78, 5) is 0. The molecule has 21 heavy (non-hydrogen) atoms. The highest BCUT2D eigenvalue weighted by molar-refractivity contribution is 4.49. The smallest absolute Gasteiger partial charge is 0 e. The van der Waals surface area contributed by atoms with Crippen molar-refractivity contribution in [3.05, 3.63) is 0 Å². The SMILES string of the molecule is CCCCCCCCCCCCCCCCCCCC.[O]. The van der Waals surface area contributed by atoms with Crippen molar-refractivity contribution in [1.82, 2.24) is 0 Å². The number of unbranched alkanes of at least 4 members (excludes halogenated alkanes) is 17. The van der Waals surface area contributed by atoms with Crippen LogP contribution in [0.1, 0.15) is 129 Å². The first-order valence-electron chi connectivity index (χ1n) is 9.91. The third-order valence-corrected chi connectivity index (χ3v) is 4.46. The van der Waals surface area contributed by atoms with Gasteiger partial charge in [-0.15, -0.1) is 0 Å². The molecule has 0 aromatic rings. The van der Waals surface area contributed by atoms with Crippen molar-refractivity contribution in [2.75, 3.05) is 0 Å². The molecular formula is C20H42O. The quantitative estimate of drug-likeness (QED) is 0.244. The summed E-state index contributed by atoms with van der Waals surface area (Å²) in [7, 11) is 0. The first-order valence-corrected chi connectivity index (χ1v) is 9.91. The van der Waals surface area contributed by atoms with E-state index in [1.165, 1.54) is 116 Å². The second-order valence-electron chi connectivity index (χ2n) is 6.66. The lowest BCUT2D eigenvalue weighted by Gasteiger charge is -2.03. The molecule has 0 aliphatic carbocycles. The van der Waals surface area contributed by atoms with Gasteiger partial charge in [0.25, 0.3) is 0 Å². The van der Waals surface area contributed by atoms with Crippen molar-refractivity contribution < 1.29 is 5.48 Å². The maximum Gasteiger partial charge on any atom is 0 e. The topological polar surface area (TPSA) is 28.5 Å². The summed E-state index contributed by atoms with van der Waals surface area (Å²) in [5.41, 5.74) is 0. The molecule has 0 fully saturated rings. The van der Waals surface area contributed by atoms with Gasteiger partial charge in [-0.25, -0.2) is 0 Å². The molecule has 0 spiro atoms. The van der Waals surface area contributed by atoms with Crippen LogP contribution in [0.25, 0.3) is 0 Å². The van der Waals surface area contributed by atoms with Gasteiger partial charge in [-0.05, 0) is 0 Å². The van der Waals surface area contributed by atoms with E-state index in [1.54, 1.807) is 0 Å². The van der Waals surface area contributed by atoms with Crippen molar-refractivity contribution in [2.45, 2.75) is 129 Å². The first kappa shape index (κ1) is 23.2. The fraction of sp³-hybridized carbons (Fsp3) is 1.00. The minimum Gasteiger partial charge on any atom is -0.0654 e. The third-order valence-electron chi connectivity index (χ3n) is 4.46. The fourth-order valence-electron chi connectivity index (χ4n) is 2.97. The molecule has 1 nitrogen and oxygen atoms in total. The van der Waals surface area contributed by atoms with E-state index in [-0.39, 0.29) is 5.48 Å². The van der Waals surface area contributed by atoms with Crippen molar-refractivity contribution >= 4 is 0 Å². The van der Waals surface area contributed by atoms with Gasteiger partial charge in [0.15, 0.2) is 0 Å². The molecule has 0 unspecified atom stereocenters. The molecule has 0 rings (SSSR count). The zero-order valence-electron chi connectivity index (χ0n) is 15.1. The second kappa shape index (κ2) is 22.2. The summed E-state index contributed by atoms with van der Waals surface area (Å²) in [6, 6.07) is 0. The summed E-state index contributed by atoms with van der Waals surface area (Å²) in [6.45, 7) is 4.59. The van der Waals surface area contributed by atoms with Crippen molar-refractivity contribution in [3.63, 3.8) is 0 Å². The molecule has 2 radical (unpaired) electrons. The van der Waals surface area contributed by atoms with Gasteiger partial charge in [0, 0.05) is 5.48 Å². The Hall–Kier alpha value is -0.0400. The first-order chi connectivity index (χ1) is 9.91. The van der Waals surface area contributed by atoms with Gasteiger partial charge in [0.2, 0.25) is 0 Å². The number of hydrogen-bond acceptors (Lipinski definition) is 0. The molecule has 128 valence electrons. The molecule has 1 heteroatoms. The normalized spacial score (nSPS) is 10.6. The Balaban J connectivity index is 0. The summed E-state index contributed by atoms with van der Waals surface area (Å²) in [5, 5.41) is 0. The van der Waals surface area contributed by atoms with E-state index in [0.717, 1.165) is 0 Å². The second-order valence-corrected chi connectivity index (χ2v) is 6.66. The standard InChI is InChI=1S/C20H42.O/c1-3-5-7-9-11-13-15-17-19-20-18-16-14-12-10-8-6-4-2;/h3-20H2,1-2H3;. The van der Waals surface area contributed by atoms with E-state index in [9.17, 15) is 0 Å². The molecule has 0 saturated heterocycles. The van der Waals surface area contributed by atoms with Gasteiger partial charge in [0.1, 0.15) is 0 Å². The van der Waals surface area contributed by atoms with Crippen LogP contribution in [0.15, 0.2) is 0 Å². The third kappa shape index (κ3) is 22.4. The van der Waals surface area contributed by atoms with E-state index >= 15 is 0 Å². The average molecular weight is 299 g/mol. The van der Waals surface area contributed by atoms with Gasteiger partial charge in [0.05, 0.1) is 0 Å². The van der Waals surface area contributed by atoms with Crippen LogP contribution in [0.4, 0.5) is 0 Å². The Morgan fingerprint density at radius 1 is 0.286 bits per heavy atom. The zero-order valence-corrected chi connectivity index (χ0v) is 15.1. The van der Waals surface area contributed by atoms with E-state index in [1.807, 2.05) is 0 Å². The predicted octanol–water partition coefficient (Wildman–Crippen LogP) is 7.93. The highest BCUT2D eigenvalue weighted by Gasteiger charge is 1.94. The summed E-state index contributed by atoms with van der Waals surface area (Å²) < 4.78 is 0. The molecular weight excluding hydrogens is 256 g/mol. The van der Waals surface area contributed by atoms with Crippen LogP contribution in [-0.2, 0) is 5.48 Å². The highest BCUT2D eigenvalue weighted by atomic mass is 16.0. The van der Waals surface area contributed by atoms with Crippen LogP contribution in [0.5, 0.6) is 0 Å². The predicted molar refractivity (Wildman–Crippen MR) is 95.1 cm³/mol. The van der Waals surface area contributed by atoms with Crippen LogP contribution in [0.3, 0.4) is 0 Å². The van der Waals surface area contributed by atoms with Crippen LogP contribution in [0.2, 0.25) is 0 Å². The minimum atomic E-state index is 0. The molecule has 0 saturated carbocycles. The fourth-order valence-corrected chi connectivity index (χ4v) is 2.97. The monoisotopic (exact) mass is 298 g/mol. The molecule has 0 aromatic carbocycles. The Morgan fingerprint density at radius 2 is 0.429 bits per heavy atom. The molecule has 0 bridgehead atoms. The van der Waals surface area contributed by atoms with Gasteiger partial charge in [-0.2, -0.15) is 0 Å². The molecule has 0 aromatic heterocycles. The molecule has 0 atom stereocenters. The van der Waals surface area contributed by atoms with Gasteiger partial charge < -0.3 is 0 Å². The highest BCUT2D eigenvalue weighted by Crippen LogP contribution is 2.14. The molecule has 0 aliphatic heterocycles. The Morgan fingerprint density at radius 3 is 0.571 bits per heavy atom. The maximum absolute atomic E-state index is 2.30. The van der Waals surface area contributed by atoms with Crippen molar-refractivity contribution in [3.8, 4) is 0 Å². The lowest BCUT2D eigenvalue weighted by Crippen LogP contribution is -1.83. The largest absolute Gasteiger partial charge is 0.0654 e. The van der Waals surface area contributed by atoms with Crippen LogP contribution >= 0.6 is 0 Å². The van der Waals surface area contributed by atoms with Crippen LogP contribution in [0, 0.1) is 0 Å². The minimum absolute atomic E-state index is 0. The summed E-state index contributed by atoms with van der Waals surface area (Å²) >= 11 is 0. The van der Waals surface area contributed by atoms with Crippen molar-refractivity contribution in [2.24, 2.45) is 0 Å². The molecule has 0 heterocycles. The van der Waals surface area contributed by atoms with Crippen LogP contribution in [-0.4, -0.2) is 0 Å². The molecule has 0 amide bonds. The Kier molecular flexibility index (Phi) is 24.6. The maximum atomic E-state index is 2.30. The average Bonchev–Trinajstić information content (AvgIpc) is 2.47. The lowest BCUT2D eigenvalue weighted by atomic mass is 10.0. The summed E-state index contributed by atoms with van der Waals surface area (Å²) in [5.74, 6) is 0.